The summed E-state index contributed by atoms with van der Waals surface area (Å²) < 4.78 is 0. The number of carbonyl (C=O) groups excluding carboxylic acids is 1. The summed E-state index contributed by atoms with van der Waals surface area (Å²) in [5.41, 5.74) is 8.53. The van der Waals surface area contributed by atoms with Gasteiger partial charge in [-0.1, -0.05) is 32.1 Å². The Balaban J connectivity index is 1.60. The van der Waals surface area contributed by atoms with Crippen LogP contribution in [-0.4, -0.2) is 28.6 Å². The van der Waals surface area contributed by atoms with Crippen LogP contribution < -0.4 is 20.4 Å². The van der Waals surface area contributed by atoms with E-state index in [1.54, 1.807) is 0 Å². The average Bonchev–Trinajstić information content (AvgIpc) is 3.25. The molecule has 0 saturated carbocycles. The van der Waals surface area contributed by atoms with Gasteiger partial charge in [0.2, 0.25) is 5.91 Å². The Hall–Kier alpha value is -3.71. The summed E-state index contributed by atoms with van der Waals surface area (Å²) in [4.78, 5) is 21.6. The van der Waals surface area contributed by atoms with Gasteiger partial charge in [-0.15, -0.1) is 0 Å². The van der Waals surface area contributed by atoms with Crippen LogP contribution in [0.1, 0.15) is 69.1 Å². The maximum Gasteiger partial charge on any atom is 0.226 e. The fourth-order valence-electron chi connectivity index (χ4n) is 5.55. The first-order valence-electron chi connectivity index (χ1n) is 13.5. The predicted octanol–water partition coefficient (Wildman–Crippen LogP) is 6.79. The summed E-state index contributed by atoms with van der Waals surface area (Å²) >= 11 is 5.95. The highest BCUT2D eigenvalue weighted by atomic mass is 32.1. The van der Waals surface area contributed by atoms with Crippen LogP contribution in [-0.2, 0) is 4.79 Å². The van der Waals surface area contributed by atoms with Crippen molar-refractivity contribution in [1.82, 2.24) is 10.3 Å². The van der Waals surface area contributed by atoms with Crippen molar-refractivity contribution in [2.45, 2.75) is 59.2 Å². The van der Waals surface area contributed by atoms with E-state index < -0.39 is 0 Å². The van der Waals surface area contributed by atoms with Crippen molar-refractivity contribution >= 4 is 45.9 Å². The number of carbonyl (C=O) groups is 1. The van der Waals surface area contributed by atoms with Crippen LogP contribution in [0.25, 0.3) is 5.57 Å². The molecule has 202 valence electrons. The van der Waals surface area contributed by atoms with Gasteiger partial charge in [0.1, 0.15) is 0 Å². The van der Waals surface area contributed by atoms with Gasteiger partial charge in [0.15, 0.2) is 5.11 Å². The molecule has 0 unspecified atom stereocenters. The molecule has 39 heavy (non-hydrogen) atoms. The number of thiocarbonyl (C=S) groups is 1. The number of anilines is 3. The molecule has 3 heterocycles. The van der Waals surface area contributed by atoms with Crippen LogP contribution in [0.15, 0.2) is 66.9 Å². The van der Waals surface area contributed by atoms with E-state index in [1.807, 2.05) is 57.3 Å². The van der Waals surface area contributed by atoms with E-state index in [1.165, 1.54) is 16.8 Å². The minimum absolute atomic E-state index is 0.00271. The minimum Gasteiger partial charge on any atom is -0.366 e. The number of rotatable bonds is 5. The Morgan fingerprint density at radius 2 is 1.87 bits per heavy atom. The number of likely N-dealkylation sites (N-methyl/N-ethyl adjacent to an activating group) is 1. The van der Waals surface area contributed by atoms with Crippen LogP contribution in [0.3, 0.4) is 0 Å². The van der Waals surface area contributed by atoms with Gasteiger partial charge in [0.25, 0.3) is 0 Å². The molecule has 3 aromatic rings. The molecule has 2 N–H and O–H groups in total. The lowest BCUT2D eigenvalue weighted by Crippen LogP contribution is -2.42. The Labute approximate surface area is 237 Å². The van der Waals surface area contributed by atoms with Crippen LogP contribution in [0, 0.1) is 12.8 Å². The number of amides is 1. The van der Waals surface area contributed by atoms with E-state index in [-0.39, 0.29) is 29.4 Å². The molecule has 7 heteroatoms. The molecule has 2 aromatic carbocycles. The number of fused-ring (bicyclic) bond motifs is 1. The standard InChI is InChI=1S/C32H37N5OS/c1-19(2)30(38)34-25-13-12-23(16-20(25)3)37-29(28(35-31(37)39)26-10-8-9-15-33-26)22-11-14-27-24(17-22)21(4)18-32(5,6)36(27)7/h8-19,28-29H,1-7H3,(H,34,38)(H,35,39)/t28-,29+/m0/s1. The van der Waals surface area contributed by atoms with Crippen molar-refractivity contribution < 1.29 is 4.79 Å². The molecular weight excluding hydrogens is 502 g/mol. The third kappa shape index (κ3) is 4.91. The van der Waals surface area contributed by atoms with Gasteiger partial charge in [-0.2, -0.15) is 0 Å². The van der Waals surface area contributed by atoms with E-state index in [9.17, 15) is 4.79 Å². The van der Waals surface area contributed by atoms with E-state index in [2.05, 4.69) is 78.6 Å². The molecule has 1 saturated heterocycles. The normalized spacial score (nSPS) is 20.0. The number of aromatic nitrogens is 1. The van der Waals surface area contributed by atoms with E-state index in [4.69, 9.17) is 17.2 Å². The van der Waals surface area contributed by atoms with Crippen LogP contribution in [0.5, 0.6) is 0 Å². The maximum atomic E-state index is 12.3. The van der Waals surface area contributed by atoms with Gasteiger partial charge in [0, 0.05) is 41.8 Å². The van der Waals surface area contributed by atoms with Crippen molar-refractivity contribution in [3.05, 3.63) is 89.3 Å². The molecule has 0 spiro atoms. The van der Waals surface area contributed by atoms with E-state index >= 15 is 0 Å². The molecule has 1 amide bonds. The number of nitrogens with zero attached hydrogens (tertiary/aromatic N) is 3. The second-order valence-electron chi connectivity index (χ2n) is 11.5. The van der Waals surface area contributed by atoms with Crippen LogP contribution in [0.4, 0.5) is 17.1 Å². The third-order valence-corrected chi connectivity index (χ3v) is 8.27. The average molecular weight is 540 g/mol. The Morgan fingerprint density at radius 1 is 1.10 bits per heavy atom. The van der Waals surface area contributed by atoms with Gasteiger partial charge in [-0.05, 0) is 99.1 Å². The van der Waals surface area contributed by atoms with Gasteiger partial charge in [-0.25, -0.2) is 0 Å². The van der Waals surface area contributed by atoms with Crippen LogP contribution >= 0.6 is 12.2 Å². The molecule has 0 bridgehead atoms. The molecule has 0 aliphatic carbocycles. The summed E-state index contributed by atoms with van der Waals surface area (Å²) in [5.74, 6) is -0.0861. The zero-order chi connectivity index (χ0) is 28.1. The highest BCUT2D eigenvalue weighted by molar-refractivity contribution is 7.80. The monoisotopic (exact) mass is 539 g/mol. The fraction of sp³-hybridized carbons (Fsp3) is 0.344. The van der Waals surface area contributed by atoms with E-state index in [0.717, 1.165) is 28.2 Å². The molecule has 2 aliphatic heterocycles. The molecular formula is C32H37N5OS. The number of benzene rings is 2. The summed E-state index contributed by atoms with van der Waals surface area (Å²) in [7, 11) is 2.15. The summed E-state index contributed by atoms with van der Waals surface area (Å²) in [6.07, 6.45) is 4.16. The van der Waals surface area contributed by atoms with Gasteiger partial charge >= 0.3 is 0 Å². The van der Waals surface area contributed by atoms with Crippen molar-refractivity contribution in [1.29, 1.82) is 0 Å². The number of nitrogens with one attached hydrogen (secondary N) is 2. The molecule has 2 aliphatic rings. The van der Waals surface area contributed by atoms with E-state index in [0.29, 0.717) is 5.11 Å². The smallest absolute Gasteiger partial charge is 0.226 e. The molecule has 1 fully saturated rings. The first kappa shape index (κ1) is 26.9. The second-order valence-corrected chi connectivity index (χ2v) is 11.8. The SMILES string of the molecule is CC1=CC(C)(C)N(C)c2ccc([C@@H]3[C@H](c4ccccn4)NC(=S)N3c3ccc(NC(=O)C(C)C)c(C)c3)cc21. The largest absolute Gasteiger partial charge is 0.366 e. The molecule has 2 atom stereocenters. The number of hydrogen-bond donors (Lipinski definition) is 2. The number of aryl methyl sites for hydroxylation is 1. The lowest BCUT2D eigenvalue weighted by molar-refractivity contribution is -0.118. The lowest BCUT2D eigenvalue weighted by Gasteiger charge is -2.41. The quantitative estimate of drug-likeness (QED) is 0.348. The Morgan fingerprint density at radius 3 is 2.54 bits per heavy atom. The second kappa shape index (κ2) is 10.1. The molecule has 1 aromatic heterocycles. The molecule has 0 radical (unpaired) electrons. The predicted molar refractivity (Wildman–Crippen MR) is 165 cm³/mol. The molecule has 6 nitrogen and oxygen atoms in total. The zero-order valence-electron chi connectivity index (χ0n) is 23.7. The van der Waals surface area contributed by atoms with Crippen LogP contribution in [0.2, 0.25) is 0 Å². The summed E-state index contributed by atoms with van der Waals surface area (Å²) in [6, 6.07) is 18.6. The van der Waals surface area contributed by atoms with Crippen molar-refractivity contribution in [3.63, 3.8) is 0 Å². The fourth-order valence-corrected chi connectivity index (χ4v) is 5.89. The third-order valence-electron chi connectivity index (χ3n) is 7.95. The van der Waals surface area contributed by atoms with Crippen molar-refractivity contribution in [2.24, 2.45) is 5.92 Å². The Kier molecular flexibility index (Phi) is 6.97. The number of pyridine rings is 1. The van der Waals surface area contributed by atoms with Gasteiger partial charge in [-0.3, -0.25) is 9.78 Å². The van der Waals surface area contributed by atoms with Crippen molar-refractivity contribution in [3.8, 4) is 0 Å². The first-order valence-corrected chi connectivity index (χ1v) is 13.9. The number of hydrogen-bond acceptors (Lipinski definition) is 4. The zero-order valence-corrected chi connectivity index (χ0v) is 24.6. The van der Waals surface area contributed by atoms with Gasteiger partial charge in [0.05, 0.1) is 23.3 Å². The molecule has 5 rings (SSSR count). The van der Waals surface area contributed by atoms with Crippen molar-refractivity contribution in [2.75, 3.05) is 22.2 Å². The number of allylic oxidation sites excluding steroid dienone is 1. The maximum absolute atomic E-state index is 12.3. The van der Waals surface area contributed by atoms with Gasteiger partial charge < -0.3 is 20.4 Å². The topological polar surface area (TPSA) is 60.5 Å². The highest BCUT2D eigenvalue weighted by Crippen LogP contribution is 2.45. The summed E-state index contributed by atoms with van der Waals surface area (Å²) in [6.45, 7) is 12.5. The lowest BCUT2D eigenvalue weighted by atomic mass is 9.86. The Bertz CT molecular complexity index is 1460. The summed E-state index contributed by atoms with van der Waals surface area (Å²) in [5, 5.41) is 7.25. The first-order chi connectivity index (χ1) is 18.5. The minimum atomic E-state index is -0.126. The highest BCUT2D eigenvalue weighted by Gasteiger charge is 2.41.